The van der Waals surface area contributed by atoms with Gasteiger partial charge in [-0.15, -0.1) is 17.0 Å². The van der Waals surface area contributed by atoms with Gasteiger partial charge in [0, 0.05) is 0 Å². The van der Waals surface area contributed by atoms with E-state index >= 15 is 0 Å². The Hall–Kier alpha value is 0.360. The van der Waals surface area contributed by atoms with Crippen LogP contribution in [0.25, 0.3) is 0 Å². The molecule has 0 atom stereocenters. The largest absolute Gasteiger partial charge is 0.221 e. The van der Waals surface area contributed by atoms with E-state index in [9.17, 15) is 0 Å². The van der Waals surface area contributed by atoms with E-state index in [2.05, 4.69) is 5.04 Å². The summed E-state index contributed by atoms with van der Waals surface area (Å²) in [6, 6.07) is 0. The van der Waals surface area contributed by atoms with Crippen LogP contribution in [0.1, 0.15) is 0 Å². The first-order valence-electron chi connectivity index (χ1n) is 0.365. The van der Waals surface area contributed by atoms with Crippen molar-refractivity contribution >= 4 is 17.0 Å². The Morgan fingerprint density at radius 3 is 1.25 bits per heavy atom. The van der Waals surface area contributed by atoms with Gasteiger partial charge in [-0.05, 0) is 0 Å². The summed E-state index contributed by atoms with van der Waals surface area (Å²) in [7, 11) is 0. The highest BCUT2D eigenvalue weighted by Gasteiger charge is 1.27. The normalized spacial score (nSPS) is 4.50. The molecule has 0 rings (SSSR count). The van der Waals surface area contributed by atoms with Crippen molar-refractivity contribution in [3.63, 3.8) is 0 Å². The topological polar surface area (TPSA) is 49.7 Å². The maximum atomic E-state index is 6.62. The van der Waals surface area contributed by atoms with Gasteiger partial charge in [-0.3, -0.25) is 0 Å². The Bertz CT molecular complexity index is 3.25. The van der Waals surface area contributed by atoms with Crippen LogP contribution in [-0.4, -0.2) is 10.5 Å². The quantitative estimate of drug-likeness (QED) is 0.372. The second kappa shape index (κ2) is 10.1. The third-order valence-electron chi connectivity index (χ3n) is 0. The lowest BCUT2D eigenvalue weighted by Gasteiger charge is -1.56. The van der Waals surface area contributed by atoms with Crippen LogP contribution in [-0.2, 0) is 5.04 Å². The van der Waals surface area contributed by atoms with Crippen LogP contribution in [0.15, 0.2) is 0 Å². The van der Waals surface area contributed by atoms with Crippen LogP contribution in [0.3, 0.4) is 0 Å². The second-order valence-corrected chi connectivity index (χ2v) is 0.0816. The standard InChI is InChI=1S/BrH.H2O3/c;1-3-2/h1H;1-2H. The van der Waals surface area contributed by atoms with Crippen LogP contribution >= 0.6 is 17.0 Å². The second-order valence-electron chi connectivity index (χ2n) is 0.0816. The van der Waals surface area contributed by atoms with Crippen molar-refractivity contribution in [2.24, 2.45) is 0 Å². The van der Waals surface area contributed by atoms with Crippen molar-refractivity contribution in [3.8, 4) is 0 Å². The number of halogens is 1. The van der Waals surface area contributed by atoms with E-state index in [4.69, 9.17) is 10.5 Å². The van der Waals surface area contributed by atoms with Gasteiger partial charge in [0.25, 0.3) is 0 Å². The summed E-state index contributed by atoms with van der Waals surface area (Å²) in [5.41, 5.74) is 0. The molecule has 0 heterocycles. The van der Waals surface area contributed by atoms with Gasteiger partial charge in [-0.25, -0.2) is 10.5 Å². The zero-order chi connectivity index (χ0) is 2.71. The molecule has 4 heavy (non-hydrogen) atoms. The fourth-order valence-electron chi connectivity index (χ4n) is 0. The van der Waals surface area contributed by atoms with Crippen molar-refractivity contribution in [3.05, 3.63) is 0 Å². The Kier molecular flexibility index (Phi) is 22.4. The molecule has 0 saturated heterocycles. The maximum absolute atomic E-state index is 6.62. The summed E-state index contributed by atoms with van der Waals surface area (Å²) < 4.78 is 0. The molecule has 0 fully saturated rings. The highest BCUT2D eigenvalue weighted by molar-refractivity contribution is 8.93. The molecular weight excluding hydrogens is 128 g/mol. The lowest BCUT2D eigenvalue weighted by molar-refractivity contribution is -0.465. The first-order valence-corrected chi connectivity index (χ1v) is 0.365. The fourth-order valence-corrected chi connectivity index (χ4v) is 0. The van der Waals surface area contributed by atoms with Crippen molar-refractivity contribution < 1.29 is 15.6 Å². The monoisotopic (exact) mass is 130 g/mol. The van der Waals surface area contributed by atoms with Gasteiger partial charge in [-0.2, -0.15) is 0 Å². The molecule has 0 spiro atoms. The highest BCUT2D eigenvalue weighted by atomic mass is 79.9. The zero-order valence-corrected chi connectivity index (χ0v) is 3.42. The van der Waals surface area contributed by atoms with Crippen molar-refractivity contribution in [2.45, 2.75) is 0 Å². The van der Waals surface area contributed by atoms with Crippen LogP contribution in [0.2, 0.25) is 0 Å². The average molecular weight is 131 g/mol. The smallest absolute Gasteiger partial charge is 0.0737 e. The van der Waals surface area contributed by atoms with E-state index in [1.165, 1.54) is 0 Å². The van der Waals surface area contributed by atoms with E-state index < -0.39 is 0 Å². The molecule has 28 valence electrons. The molecule has 0 aromatic rings. The van der Waals surface area contributed by atoms with E-state index in [-0.39, 0.29) is 17.0 Å². The number of hydrogen-bond acceptors (Lipinski definition) is 3. The van der Waals surface area contributed by atoms with Gasteiger partial charge >= 0.3 is 0 Å². The van der Waals surface area contributed by atoms with Crippen LogP contribution in [0.4, 0.5) is 0 Å². The van der Waals surface area contributed by atoms with Crippen molar-refractivity contribution in [2.75, 3.05) is 0 Å². The number of hydrogen-bond donors (Lipinski definition) is 2. The third kappa shape index (κ3) is 33.7. The minimum Gasteiger partial charge on any atom is -0.221 e. The van der Waals surface area contributed by atoms with Crippen LogP contribution in [0, 0.1) is 0 Å². The van der Waals surface area contributed by atoms with E-state index in [0.717, 1.165) is 0 Å². The Morgan fingerprint density at radius 1 is 1.25 bits per heavy atom. The molecule has 0 aromatic heterocycles. The Labute approximate surface area is 33.4 Å². The van der Waals surface area contributed by atoms with Gasteiger partial charge in [0.1, 0.15) is 0 Å². The minimum absolute atomic E-state index is 0. The zero-order valence-electron chi connectivity index (χ0n) is 1.71. The molecule has 0 aromatic carbocycles. The number of rotatable bonds is 0. The lowest BCUT2D eigenvalue weighted by Crippen LogP contribution is -1.60. The first kappa shape index (κ1) is 8.84. The Morgan fingerprint density at radius 2 is 1.25 bits per heavy atom. The van der Waals surface area contributed by atoms with Gasteiger partial charge in [0.05, 0.1) is 0 Å². The molecule has 0 radical (unpaired) electrons. The molecule has 0 bridgehead atoms. The predicted molar refractivity (Wildman–Crippen MR) is 16.7 cm³/mol. The van der Waals surface area contributed by atoms with E-state index in [1.807, 2.05) is 0 Å². The van der Waals surface area contributed by atoms with Crippen molar-refractivity contribution in [1.29, 1.82) is 0 Å². The van der Waals surface area contributed by atoms with Gasteiger partial charge in [0.2, 0.25) is 0 Å². The van der Waals surface area contributed by atoms with E-state index in [1.54, 1.807) is 0 Å². The SMILES string of the molecule is Br.OOO. The molecule has 0 saturated carbocycles. The van der Waals surface area contributed by atoms with Gasteiger partial charge < -0.3 is 0 Å². The molecule has 0 aliphatic heterocycles. The summed E-state index contributed by atoms with van der Waals surface area (Å²) in [5, 5.41) is 15.5. The summed E-state index contributed by atoms with van der Waals surface area (Å²) >= 11 is 0. The Balaban J connectivity index is 0. The third-order valence-corrected chi connectivity index (χ3v) is 0. The molecule has 4 heteroatoms. The molecule has 0 unspecified atom stereocenters. The predicted octanol–water partition coefficient (Wildman–Crippen LogP) is 0.527. The maximum Gasteiger partial charge on any atom is -0.0737 e. The molecule has 0 amide bonds. The van der Waals surface area contributed by atoms with Crippen molar-refractivity contribution in [1.82, 2.24) is 0 Å². The highest BCUT2D eigenvalue weighted by Crippen LogP contribution is 1.24. The van der Waals surface area contributed by atoms with Gasteiger partial charge in [-0.1, -0.05) is 5.04 Å². The average Bonchev–Trinajstić information content (AvgIpc) is 0.918. The summed E-state index contributed by atoms with van der Waals surface area (Å²) in [6.45, 7) is 0. The molecular formula is H3BrO3. The minimum atomic E-state index is 0. The molecule has 3 nitrogen and oxygen atoms in total. The fraction of sp³-hybridized carbons (Fsp3) is 0. The summed E-state index contributed by atoms with van der Waals surface area (Å²) in [5.74, 6) is 0. The van der Waals surface area contributed by atoms with E-state index in [0.29, 0.717) is 0 Å². The molecule has 2 N–H and O–H groups in total. The summed E-state index contributed by atoms with van der Waals surface area (Å²) in [4.78, 5) is 0. The first-order chi connectivity index (χ1) is 1.41. The lowest BCUT2D eigenvalue weighted by atomic mass is 14.6. The van der Waals surface area contributed by atoms with Gasteiger partial charge in [0.15, 0.2) is 0 Å². The summed E-state index contributed by atoms with van der Waals surface area (Å²) in [6.07, 6.45) is 0. The van der Waals surface area contributed by atoms with Crippen LogP contribution in [0.5, 0.6) is 0 Å². The molecule has 0 aliphatic carbocycles. The van der Waals surface area contributed by atoms with Crippen LogP contribution < -0.4 is 0 Å². The molecule has 0 aliphatic rings.